The summed E-state index contributed by atoms with van der Waals surface area (Å²) in [6.07, 6.45) is 5.75. The molecule has 1 heterocycles. The molecule has 1 N–H and O–H groups in total. The van der Waals surface area contributed by atoms with E-state index < -0.39 is 0 Å². The molecule has 3 nitrogen and oxygen atoms in total. The van der Waals surface area contributed by atoms with E-state index in [1.807, 2.05) is 6.07 Å². The second kappa shape index (κ2) is 7.06. The third kappa shape index (κ3) is 4.32. The van der Waals surface area contributed by atoms with Crippen LogP contribution in [0.15, 0.2) is 12.1 Å². The average molecular weight is 281 g/mol. The molecule has 1 aromatic rings. The summed E-state index contributed by atoms with van der Waals surface area (Å²) in [6.45, 7) is 3.26. The highest BCUT2D eigenvalue weighted by Gasteiger charge is 2.20. The van der Waals surface area contributed by atoms with Crippen LogP contribution in [-0.2, 0) is 22.5 Å². The van der Waals surface area contributed by atoms with Gasteiger partial charge in [0.2, 0.25) is 0 Å². The Labute approximate surface area is 119 Å². The number of ether oxygens (including phenoxy) is 1. The van der Waals surface area contributed by atoms with Gasteiger partial charge >= 0.3 is 5.97 Å². The minimum atomic E-state index is -0.165. The van der Waals surface area contributed by atoms with Gasteiger partial charge in [-0.1, -0.05) is 19.8 Å². The lowest BCUT2D eigenvalue weighted by molar-refractivity contribution is -0.139. The summed E-state index contributed by atoms with van der Waals surface area (Å²) in [5.74, 6) is 0.616. The summed E-state index contributed by atoms with van der Waals surface area (Å²) in [5, 5.41) is 3.66. The third-order valence-corrected chi connectivity index (χ3v) is 5.00. The van der Waals surface area contributed by atoms with E-state index in [0.717, 1.165) is 17.3 Å². The van der Waals surface area contributed by atoms with Gasteiger partial charge in [0.1, 0.15) is 0 Å². The van der Waals surface area contributed by atoms with Crippen LogP contribution >= 0.6 is 11.3 Å². The van der Waals surface area contributed by atoms with Gasteiger partial charge in [-0.25, -0.2) is 0 Å². The van der Waals surface area contributed by atoms with Crippen molar-refractivity contribution in [3.63, 3.8) is 0 Å². The zero-order valence-corrected chi connectivity index (χ0v) is 12.6. The Balaban J connectivity index is 1.81. The molecule has 0 radical (unpaired) electrons. The maximum absolute atomic E-state index is 11.2. The molecule has 19 heavy (non-hydrogen) atoms. The maximum Gasteiger partial charge on any atom is 0.310 e. The highest BCUT2D eigenvalue weighted by molar-refractivity contribution is 7.12. The Morgan fingerprint density at radius 1 is 1.37 bits per heavy atom. The van der Waals surface area contributed by atoms with E-state index >= 15 is 0 Å². The number of nitrogens with one attached hydrogen (secondary N) is 1. The van der Waals surface area contributed by atoms with Crippen LogP contribution in [-0.4, -0.2) is 19.1 Å². The average Bonchev–Trinajstić information content (AvgIpc) is 2.85. The van der Waals surface area contributed by atoms with Gasteiger partial charge in [-0.15, -0.1) is 11.3 Å². The Bertz CT molecular complexity index is 416. The first kappa shape index (κ1) is 14.5. The molecule has 0 amide bonds. The molecule has 1 aliphatic rings. The summed E-state index contributed by atoms with van der Waals surface area (Å²) in [4.78, 5) is 13.6. The highest BCUT2D eigenvalue weighted by atomic mass is 32.1. The first-order valence-electron chi connectivity index (χ1n) is 7.07. The Hall–Kier alpha value is -0.870. The van der Waals surface area contributed by atoms with Gasteiger partial charge in [0.25, 0.3) is 0 Å². The molecule has 0 aliphatic heterocycles. The highest BCUT2D eigenvalue weighted by Crippen LogP contribution is 2.25. The Morgan fingerprint density at radius 2 is 2.11 bits per heavy atom. The number of thiophene rings is 1. The van der Waals surface area contributed by atoms with E-state index in [2.05, 4.69) is 23.0 Å². The van der Waals surface area contributed by atoms with Crippen molar-refractivity contribution in [2.75, 3.05) is 7.11 Å². The van der Waals surface area contributed by atoms with Crippen LogP contribution in [0.3, 0.4) is 0 Å². The minimum Gasteiger partial charge on any atom is -0.469 e. The van der Waals surface area contributed by atoms with Gasteiger partial charge in [-0.2, -0.15) is 0 Å². The smallest absolute Gasteiger partial charge is 0.310 e. The molecule has 0 bridgehead atoms. The Kier molecular flexibility index (Phi) is 5.40. The van der Waals surface area contributed by atoms with E-state index in [1.165, 1.54) is 37.7 Å². The van der Waals surface area contributed by atoms with Gasteiger partial charge < -0.3 is 10.1 Å². The predicted octanol–water partition coefficient (Wildman–Crippen LogP) is 3.13. The largest absolute Gasteiger partial charge is 0.469 e. The lowest BCUT2D eigenvalue weighted by Gasteiger charge is -2.29. The van der Waals surface area contributed by atoms with Gasteiger partial charge in [0.15, 0.2) is 0 Å². The number of rotatable bonds is 5. The molecule has 1 saturated carbocycles. The van der Waals surface area contributed by atoms with Gasteiger partial charge in [-0.05, 0) is 30.9 Å². The number of carbonyl (C=O) groups excluding carboxylic acids is 1. The number of carbonyl (C=O) groups is 1. The summed E-state index contributed by atoms with van der Waals surface area (Å²) in [7, 11) is 1.43. The molecule has 0 aromatic carbocycles. The van der Waals surface area contributed by atoms with Crippen molar-refractivity contribution in [2.45, 2.75) is 51.6 Å². The van der Waals surface area contributed by atoms with E-state index in [-0.39, 0.29) is 5.97 Å². The van der Waals surface area contributed by atoms with Crippen LogP contribution < -0.4 is 5.32 Å². The molecule has 2 unspecified atom stereocenters. The van der Waals surface area contributed by atoms with Crippen LogP contribution in [0.1, 0.15) is 42.4 Å². The molecule has 1 aliphatic carbocycles. The number of hydrogen-bond donors (Lipinski definition) is 1. The Morgan fingerprint density at radius 3 is 2.84 bits per heavy atom. The standard InChI is InChI=1S/C15H23NO2S/c1-11-5-3-4-6-14(11)16-10-13-8-7-12(19-13)9-15(17)18-2/h7-8,11,14,16H,3-6,9-10H2,1-2H3. The van der Waals surface area contributed by atoms with Gasteiger partial charge in [-0.3, -0.25) is 4.79 Å². The monoisotopic (exact) mass is 281 g/mol. The quantitative estimate of drug-likeness (QED) is 0.843. The third-order valence-electron chi connectivity index (χ3n) is 3.91. The van der Waals surface area contributed by atoms with Crippen LogP contribution in [0.4, 0.5) is 0 Å². The molecule has 106 valence electrons. The van der Waals surface area contributed by atoms with Crippen molar-refractivity contribution in [1.29, 1.82) is 0 Å². The molecule has 0 spiro atoms. The minimum absolute atomic E-state index is 0.165. The number of esters is 1. The van der Waals surface area contributed by atoms with Crippen LogP contribution in [0.2, 0.25) is 0 Å². The molecular weight excluding hydrogens is 258 g/mol. The predicted molar refractivity (Wildman–Crippen MR) is 78.3 cm³/mol. The second-order valence-corrected chi connectivity index (χ2v) is 6.62. The van der Waals surface area contributed by atoms with E-state index in [0.29, 0.717) is 12.5 Å². The fourth-order valence-corrected chi connectivity index (χ4v) is 3.63. The molecule has 2 rings (SSSR count). The molecule has 4 heteroatoms. The molecule has 2 atom stereocenters. The van der Waals surface area contributed by atoms with Crippen LogP contribution in [0.25, 0.3) is 0 Å². The van der Waals surface area contributed by atoms with E-state index in [9.17, 15) is 4.79 Å². The van der Waals surface area contributed by atoms with Gasteiger partial charge in [0, 0.05) is 22.3 Å². The summed E-state index contributed by atoms with van der Waals surface area (Å²) < 4.78 is 4.68. The zero-order chi connectivity index (χ0) is 13.7. The van der Waals surface area contributed by atoms with Crippen molar-refractivity contribution in [1.82, 2.24) is 5.32 Å². The molecule has 1 fully saturated rings. The first-order valence-corrected chi connectivity index (χ1v) is 7.88. The normalized spacial score (nSPS) is 23.3. The first-order chi connectivity index (χ1) is 9.19. The molecule has 0 saturated heterocycles. The maximum atomic E-state index is 11.2. The van der Waals surface area contributed by atoms with E-state index in [4.69, 9.17) is 0 Å². The van der Waals surface area contributed by atoms with Crippen molar-refractivity contribution in [2.24, 2.45) is 5.92 Å². The second-order valence-electron chi connectivity index (χ2n) is 5.37. The topological polar surface area (TPSA) is 38.3 Å². The van der Waals surface area contributed by atoms with Crippen LogP contribution in [0, 0.1) is 5.92 Å². The fourth-order valence-electron chi connectivity index (χ4n) is 2.68. The van der Waals surface area contributed by atoms with E-state index in [1.54, 1.807) is 11.3 Å². The lowest BCUT2D eigenvalue weighted by atomic mass is 9.86. The summed E-state index contributed by atoms with van der Waals surface area (Å²) >= 11 is 1.70. The lowest BCUT2D eigenvalue weighted by Crippen LogP contribution is -2.36. The fraction of sp³-hybridized carbons (Fsp3) is 0.667. The molecular formula is C15H23NO2S. The molecule has 1 aromatic heterocycles. The number of hydrogen-bond acceptors (Lipinski definition) is 4. The summed E-state index contributed by atoms with van der Waals surface area (Å²) in [6, 6.07) is 4.80. The SMILES string of the molecule is COC(=O)Cc1ccc(CNC2CCCCC2C)s1. The zero-order valence-electron chi connectivity index (χ0n) is 11.8. The number of methoxy groups -OCH3 is 1. The van der Waals surface area contributed by atoms with Crippen molar-refractivity contribution in [3.05, 3.63) is 21.9 Å². The van der Waals surface area contributed by atoms with Crippen molar-refractivity contribution in [3.8, 4) is 0 Å². The van der Waals surface area contributed by atoms with Crippen molar-refractivity contribution < 1.29 is 9.53 Å². The van der Waals surface area contributed by atoms with Gasteiger partial charge in [0.05, 0.1) is 13.5 Å². The summed E-state index contributed by atoms with van der Waals surface area (Å²) in [5.41, 5.74) is 0. The van der Waals surface area contributed by atoms with Crippen molar-refractivity contribution >= 4 is 17.3 Å². The van der Waals surface area contributed by atoms with Crippen LogP contribution in [0.5, 0.6) is 0 Å².